The van der Waals surface area contributed by atoms with Gasteiger partial charge in [0, 0.05) is 26.2 Å². The molecule has 0 aromatic heterocycles. The van der Waals surface area contributed by atoms with E-state index in [1.807, 2.05) is 6.92 Å². The van der Waals surface area contributed by atoms with Gasteiger partial charge in [-0.2, -0.15) is 0 Å². The lowest BCUT2D eigenvalue weighted by atomic mass is 10.1. The molecule has 1 aromatic rings. The number of carbonyl (C=O) groups is 2. The van der Waals surface area contributed by atoms with Crippen LogP contribution in [0.2, 0.25) is 0 Å². The van der Waals surface area contributed by atoms with Crippen molar-refractivity contribution in [2.45, 2.75) is 27.2 Å². The summed E-state index contributed by atoms with van der Waals surface area (Å²) in [5.41, 5.74) is 0.972. The quantitative estimate of drug-likeness (QED) is 0.455. The average molecular weight is 330 g/mol. The minimum absolute atomic E-state index is 0.223. The van der Waals surface area contributed by atoms with Gasteiger partial charge in [0.15, 0.2) is 5.96 Å². The van der Waals surface area contributed by atoms with Gasteiger partial charge in [-0.1, -0.05) is 26.0 Å². The average Bonchev–Trinajstić information content (AvgIpc) is 2.80. The van der Waals surface area contributed by atoms with E-state index in [0.29, 0.717) is 30.1 Å². The maximum absolute atomic E-state index is 12.3. The van der Waals surface area contributed by atoms with E-state index in [4.69, 9.17) is 0 Å². The Labute approximate surface area is 143 Å². The van der Waals surface area contributed by atoms with Crippen LogP contribution in [0.1, 0.15) is 47.9 Å². The minimum Gasteiger partial charge on any atom is -0.357 e. The van der Waals surface area contributed by atoms with E-state index in [-0.39, 0.29) is 11.8 Å². The number of carbonyl (C=O) groups excluding carboxylic acids is 2. The van der Waals surface area contributed by atoms with Gasteiger partial charge >= 0.3 is 0 Å². The molecule has 1 aliphatic heterocycles. The fraction of sp³-hybridized carbons (Fsp3) is 0.500. The number of rotatable bonds is 7. The number of hydrogen-bond acceptors (Lipinski definition) is 3. The normalized spacial score (nSPS) is 14.3. The van der Waals surface area contributed by atoms with Crippen molar-refractivity contribution in [2.75, 3.05) is 26.2 Å². The number of hydrogen-bond donors (Lipinski definition) is 2. The fourth-order valence-electron chi connectivity index (χ4n) is 2.50. The predicted octanol–water partition coefficient (Wildman–Crippen LogP) is 1.88. The number of amides is 2. The summed E-state index contributed by atoms with van der Waals surface area (Å²) < 4.78 is 0. The van der Waals surface area contributed by atoms with Gasteiger partial charge in [0.25, 0.3) is 11.8 Å². The summed E-state index contributed by atoms with van der Waals surface area (Å²) in [5.74, 6) is 0.878. The largest absolute Gasteiger partial charge is 0.357 e. The third kappa shape index (κ3) is 4.34. The van der Waals surface area contributed by atoms with Crippen molar-refractivity contribution in [3.63, 3.8) is 0 Å². The molecule has 2 rings (SSSR count). The molecule has 0 spiro atoms. The van der Waals surface area contributed by atoms with Crippen molar-refractivity contribution in [3.05, 3.63) is 35.4 Å². The molecule has 2 N–H and O–H groups in total. The standard InChI is InChI=1S/C18H26N4O2/c1-4-19-18(20-10-9-13(2)3)21-11-12-22-16(23)14-7-5-6-8-15(14)17(22)24/h5-8,13H,4,9-12H2,1-3H3,(H2,19,20,21). The van der Waals surface area contributed by atoms with Crippen molar-refractivity contribution < 1.29 is 9.59 Å². The topological polar surface area (TPSA) is 73.8 Å². The maximum Gasteiger partial charge on any atom is 0.261 e. The highest BCUT2D eigenvalue weighted by Crippen LogP contribution is 2.21. The Balaban J connectivity index is 1.89. The molecule has 2 amide bonds. The van der Waals surface area contributed by atoms with Gasteiger partial charge in [-0.15, -0.1) is 0 Å². The van der Waals surface area contributed by atoms with Crippen molar-refractivity contribution in [1.29, 1.82) is 0 Å². The third-order valence-corrected chi connectivity index (χ3v) is 3.83. The molecule has 0 aliphatic carbocycles. The van der Waals surface area contributed by atoms with Crippen LogP contribution in [0.25, 0.3) is 0 Å². The Morgan fingerprint density at radius 3 is 2.29 bits per heavy atom. The van der Waals surface area contributed by atoms with Crippen LogP contribution in [0.4, 0.5) is 0 Å². The number of aliphatic imine (C=N–C) groups is 1. The molecule has 6 nitrogen and oxygen atoms in total. The smallest absolute Gasteiger partial charge is 0.261 e. The Hall–Kier alpha value is -2.37. The molecule has 1 heterocycles. The van der Waals surface area contributed by atoms with Crippen LogP contribution in [0.5, 0.6) is 0 Å². The Morgan fingerprint density at radius 2 is 1.75 bits per heavy atom. The SMILES string of the molecule is CCNC(=NCCC(C)C)NCCN1C(=O)c2ccccc2C1=O. The van der Waals surface area contributed by atoms with E-state index < -0.39 is 0 Å². The molecule has 6 heteroatoms. The highest BCUT2D eigenvalue weighted by Gasteiger charge is 2.34. The van der Waals surface area contributed by atoms with Gasteiger partial charge in [-0.3, -0.25) is 19.5 Å². The first-order valence-corrected chi connectivity index (χ1v) is 8.52. The molecule has 0 radical (unpaired) electrons. The first-order valence-electron chi connectivity index (χ1n) is 8.52. The molecule has 0 saturated heterocycles. The molecule has 0 fully saturated rings. The third-order valence-electron chi connectivity index (χ3n) is 3.83. The van der Waals surface area contributed by atoms with Crippen LogP contribution in [-0.2, 0) is 0 Å². The van der Waals surface area contributed by atoms with Gasteiger partial charge in [-0.25, -0.2) is 0 Å². The van der Waals surface area contributed by atoms with E-state index in [2.05, 4.69) is 29.5 Å². The first-order chi connectivity index (χ1) is 11.5. The van der Waals surface area contributed by atoms with E-state index >= 15 is 0 Å². The number of nitrogens with one attached hydrogen (secondary N) is 2. The van der Waals surface area contributed by atoms with Crippen LogP contribution < -0.4 is 10.6 Å². The summed E-state index contributed by atoms with van der Waals surface area (Å²) in [6, 6.07) is 6.94. The Morgan fingerprint density at radius 1 is 1.12 bits per heavy atom. The second kappa shape index (κ2) is 8.47. The van der Waals surface area contributed by atoms with Crippen LogP contribution >= 0.6 is 0 Å². The lowest BCUT2D eigenvalue weighted by Crippen LogP contribution is -2.43. The van der Waals surface area contributed by atoms with Crippen LogP contribution in [0.3, 0.4) is 0 Å². The molecule has 0 atom stereocenters. The van der Waals surface area contributed by atoms with Crippen LogP contribution in [0.15, 0.2) is 29.3 Å². The summed E-state index contributed by atoms with van der Waals surface area (Å²) >= 11 is 0. The van der Waals surface area contributed by atoms with Crippen molar-refractivity contribution in [2.24, 2.45) is 10.9 Å². The van der Waals surface area contributed by atoms with E-state index in [0.717, 1.165) is 25.5 Å². The molecule has 24 heavy (non-hydrogen) atoms. The van der Waals surface area contributed by atoms with Crippen LogP contribution in [-0.4, -0.2) is 48.9 Å². The zero-order chi connectivity index (χ0) is 17.5. The summed E-state index contributed by atoms with van der Waals surface area (Å²) in [5, 5.41) is 6.35. The second-order valence-electron chi connectivity index (χ2n) is 6.18. The first kappa shape index (κ1) is 18.0. The lowest BCUT2D eigenvalue weighted by Gasteiger charge is -2.16. The van der Waals surface area contributed by atoms with E-state index in [1.54, 1.807) is 24.3 Å². The Kier molecular flexibility index (Phi) is 6.35. The monoisotopic (exact) mass is 330 g/mol. The van der Waals surface area contributed by atoms with Crippen LogP contribution in [0, 0.1) is 5.92 Å². The second-order valence-corrected chi connectivity index (χ2v) is 6.18. The molecular formula is C18H26N4O2. The number of benzene rings is 1. The zero-order valence-corrected chi connectivity index (χ0v) is 14.6. The highest BCUT2D eigenvalue weighted by atomic mass is 16.2. The summed E-state index contributed by atoms with van der Waals surface area (Å²) in [7, 11) is 0. The molecular weight excluding hydrogens is 304 g/mol. The maximum atomic E-state index is 12.3. The molecule has 0 saturated carbocycles. The predicted molar refractivity (Wildman–Crippen MR) is 95.2 cm³/mol. The summed E-state index contributed by atoms with van der Waals surface area (Å²) in [6.07, 6.45) is 1.02. The number of fused-ring (bicyclic) bond motifs is 1. The van der Waals surface area contributed by atoms with Gasteiger partial charge in [-0.05, 0) is 31.4 Å². The number of guanidine groups is 1. The van der Waals surface area contributed by atoms with Crippen molar-refractivity contribution >= 4 is 17.8 Å². The van der Waals surface area contributed by atoms with Gasteiger partial charge in [0.05, 0.1) is 11.1 Å². The number of imide groups is 1. The van der Waals surface area contributed by atoms with E-state index in [9.17, 15) is 9.59 Å². The fourth-order valence-corrected chi connectivity index (χ4v) is 2.50. The number of nitrogens with zero attached hydrogens (tertiary/aromatic N) is 2. The lowest BCUT2D eigenvalue weighted by molar-refractivity contribution is 0.0657. The Bertz CT molecular complexity index is 590. The molecule has 0 unspecified atom stereocenters. The van der Waals surface area contributed by atoms with E-state index in [1.165, 1.54) is 4.90 Å². The molecule has 0 bridgehead atoms. The summed E-state index contributed by atoms with van der Waals surface area (Å²) in [4.78, 5) is 30.4. The molecule has 130 valence electrons. The van der Waals surface area contributed by atoms with Crippen molar-refractivity contribution in [3.8, 4) is 0 Å². The van der Waals surface area contributed by atoms with Gasteiger partial charge in [0.2, 0.25) is 0 Å². The van der Waals surface area contributed by atoms with Gasteiger partial charge < -0.3 is 10.6 Å². The van der Waals surface area contributed by atoms with Crippen molar-refractivity contribution in [1.82, 2.24) is 15.5 Å². The minimum atomic E-state index is -0.223. The molecule has 1 aliphatic rings. The zero-order valence-electron chi connectivity index (χ0n) is 14.6. The summed E-state index contributed by atoms with van der Waals surface area (Å²) in [6.45, 7) is 8.64. The molecule has 1 aromatic carbocycles. The van der Waals surface area contributed by atoms with Gasteiger partial charge in [0.1, 0.15) is 0 Å². The highest BCUT2D eigenvalue weighted by molar-refractivity contribution is 6.21.